The van der Waals surface area contributed by atoms with E-state index in [0.717, 1.165) is 5.82 Å². The molecular formula is C9H14N6O2S. The molecule has 8 nitrogen and oxygen atoms in total. The second-order valence-corrected chi connectivity index (χ2v) is 5.44. The van der Waals surface area contributed by atoms with Gasteiger partial charge in [-0.15, -0.1) is 0 Å². The van der Waals surface area contributed by atoms with Crippen molar-refractivity contribution in [2.75, 3.05) is 6.54 Å². The Kier molecular flexibility index (Phi) is 3.72. The summed E-state index contributed by atoms with van der Waals surface area (Å²) in [6.45, 7) is 0.341. The van der Waals surface area contributed by atoms with Gasteiger partial charge in [-0.1, -0.05) is 0 Å². The average molecular weight is 270 g/mol. The number of aromatic nitrogens is 5. The Morgan fingerprint density at radius 3 is 2.94 bits per heavy atom. The van der Waals surface area contributed by atoms with Crippen LogP contribution in [0.25, 0.3) is 0 Å². The molecule has 0 unspecified atom stereocenters. The molecule has 0 amide bonds. The van der Waals surface area contributed by atoms with Gasteiger partial charge in [0, 0.05) is 20.0 Å². The number of hydrogen-bond donors (Lipinski definition) is 2. The Morgan fingerprint density at radius 1 is 1.50 bits per heavy atom. The molecule has 0 atom stereocenters. The summed E-state index contributed by atoms with van der Waals surface area (Å²) in [5.74, 6) is 0.745. The van der Waals surface area contributed by atoms with E-state index in [-0.39, 0.29) is 5.03 Å². The highest BCUT2D eigenvalue weighted by atomic mass is 32.2. The van der Waals surface area contributed by atoms with Gasteiger partial charge in [0.1, 0.15) is 12.2 Å². The quantitative estimate of drug-likeness (QED) is 0.685. The third kappa shape index (κ3) is 2.93. The van der Waals surface area contributed by atoms with Gasteiger partial charge in [-0.3, -0.25) is 9.78 Å². The van der Waals surface area contributed by atoms with Gasteiger partial charge in [-0.25, -0.2) is 18.1 Å². The Morgan fingerprint density at radius 2 is 2.33 bits per heavy atom. The maximum atomic E-state index is 11.9. The van der Waals surface area contributed by atoms with Crippen molar-refractivity contribution in [3.63, 3.8) is 0 Å². The summed E-state index contributed by atoms with van der Waals surface area (Å²) in [5.41, 5.74) is 0. The Hall–Kier alpha value is -1.74. The first-order chi connectivity index (χ1) is 8.59. The van der Waals surface area contributed by atoms with Gasteiger partial charge in [0.05, 0.1) is 6.20 Å². The lowest BCUT2D eigenvalue weighted by atomic mass is 10.3. The topological polar surface area (TPSA) is 106 Å². The van der Waals surface area contributed by atoms with Crippen LogP contribution in [0.1, 0.15) is 12.2 Å². The highest BCUT2D eigenvalue weighted by molar-refractivity contribution is 7.89. The van der Waals surface area contributed by atoms with Crippen molar-refractivity contribution in [1.29, 1.82) is 0 Å². The number of H-pyrrole nitrogens is 1. The number of rotatable bonds is 6. The van der Waals surface area contributed by atoms with Gasteiger partial charge in [0.15, 0.2) is 5.03 Å². The van der Waals surface area contributed by atoms with Crippen molar-refractivity contribution in [2.24, 2.45) is 7.05 Å². The Labute approximate surface area is 104 Å². The second-order valence-electron chi connectivity index (χ2n) is 3.73. The number of sulfonamides is 1. The van der Waals surface area contributed by atoms with Crippen LogP contribution >= 0.6 is 0 Å². The average Bonchev–Trinajstić information content (AvgIpc) is 2.95. The molecule has 2 rings (SSSR count). The van der Waals surface area contributed by atoms with Gasteiger partial charge in [0.2, 0.25) is 0 Å². The maximum absolute atomic E-state index is 11.9. The van der Waals surface area contributed by atoms with E-state index < -0.39 is 10.0 Å². The molecule has 2 N–H and O–H groups in total. The minimum Gasteiger partial charge on any atom is -0.263 e. The largest absolute Gasteiger partial charge is 0.263 e. The zero-order chi connectivity index (χ0) is 13.0. The number of nitrogens with zero attached hydrogens (tertiary/aromatic N) is 4. The molecule has 0 saturated heterocycles. The van der Waals surface area contributed by atoms with Crippen LogP contribution in [0.3, 0.4) is 0 Å². The predicted molar refractivity (Wildman–Crippen MR) is 63.1 cm³/mol. The minimum atomic E-state index is -3.48. The normalized spacial score (nSPS) is 11.8. The van der Waals surface area contributed by atoms with Gasteiger partial charge in [-0.2, -0.15) is 10.2 Å². The van der Waals surface area contributed by atoms with Crippen LogP contribution in [-0.2, 0) is 23.5 Å². The molecule has 18 heavy (non-hydrogen) atoms. The highest BCUT2D eigenvalue weighted by Crippen LogP contribution is 2.05. The zero-order valence-electron chi connectivity index (χ0n) is 9.87. The molecule has 0 aliphatic rings. The van der Waals surface area contributed by atoms with E-state index in [2.05, 4.69) is 25.0 Å². The van der Waals surface area contributed by atoms with Crippen LogP contribution in [-0.4, -0.2) is 39.9 Å². The van der Waals surface area contributed by atoms with E-state index in [9.17, 15) is 8.42 Å². The van der Waals surface area contributed by atoms with Crippen LogP contribution in [0.5, 0.6) is 0 Å². The third-order valence-corrected chi connectivity index (χ3v) is 3.93. The molecule has 2 aromatic heterocycles. The molecule has 9 heteroatoms. The van der Waals surface area contributed by atoms with Crippen LogP contribution < -0.4 is 4.72 Å². The zero-order valence-corrected chi connectivity index (χ0v) is 10.7. The van der Waals surface area contributed by atoms with Crippen molar-refractivity contribution >= 4 is 10.0 Å². The van der Waals surface area contributed by atoms with Crippen LogP contribution in [0, 0.1) is 0 Å². The first kappa shape index (κ1) is 12.7. The summed E-state index contributed by atoms with van der Waals surface area (Å²) < 4.78 is 27.6. The Balaban J connectivity index is 1.85. The second kappa shape index (κ2) is 5.27. The van der Waals surface area contributed by atoms with Gasteiger partial charge >= 0.3 is 0 Å². The highest BCUT2D eigenvalue weighted by Gasteiger charge is 2.16. The number of nitrogens with one attached hydrogen (secondary N) is 2. The molecule has 98 valence electrons. The summed E-state index contributed by atoms with van der Waals surface area (Å²) in [6.07, 6.45) is 4.17. The molecule has 0 radical (unpaired) electrons. The SMILES string of the molecule is Cn1nccc1S(=O)(=O)NCCCc1ncn[nH]1. The van der Waals surface area contributed by atoms with Crippen molar-refractivity contribution in [3.05, 3.63) is 24.4 Å². The number of aryl methyl sites for hydroxylation is 2. The predicted octanol–water partition coefficient (Wildman–Crippen LogP) is -0.551. The van der Waals surface area contributed by atoms with E-state index in [1.165, 1.54) is 23.3 Å². The summed E-state index contributed by atoms with van der Waals surface area (Å²) in [7, 11) is -1.90. The standard InChI is InChI=1S/C9H14N6O2S/c1-15-9(4-6-12-15)18(16,17)13-5-2-3-8-10-7-11-14-8/h4,6-7,13H,2-3,5H2,1H3,(H,10,11,14). The molecule has 0 bridgehead atoms. The molecule has 0 aromatic carbocycles. The fourth-order valence-corrected chi connectivity index (χ4v) is 2.71. The van der Waals surface area contributed by atoms with Crippen LogP contribution in [0.2, 0.25) is 0 Å². The minimum absolute atomic E-state index is 0.155. The van der Waals surface area contributed by atoms with Gasteiger partial charge in [0.25, 0.3) is 10.0 Å². The fraction of sp³-hybridized carbons (Fsp3) is 0.444. The van der Waals surface area contributed by atoms with Crippen molar-refractivity contribution < 1.29 is 8.42 Å². The lowest BCUT2D eigenvalue weighted by molar-refractivity contribution is 0.560. The summed E-state index contributed by atoms with van der Waals surface area (Å²) in [6, 6.07) is 1.46. The van der Waals surface area contributed by atoms with E-state index in [0.29, 0.717) is 19.4 Å². The van der Waals surface area contributed by atoms with Gasteiger partial charge < -0.3 is 0 Å². The van der Waals surface area contributed by atoms with E-state index in [1.54, 1.807) is 7.05 Å². The molecule has 0 aliphatic heterocycles. The lowest BCUT2D eigenvalue weighted by Gasteiger charge is -2.05. The maximum Gasteiger partial charge on any atom is 0.257 e. The molecular weight excluding hydrogens is 256 g/mol. The van der Waals surface area contributed by atoms with Crippen molar-refractivity contribution in [1.82, 2.24) is 29.7 Å². The van der Waals surface area contributed by atoms with E-state index in [4.69, 9.17) is 0 Å². The molecule has 0 fully saturated rings. The summed E-state index contributed by atoms with van der Waals surface area (Å²) in [5, 5.41) is 10.4. The molecule has 0 aliphatic carbocycles. The molecule has 2 aromatic rings. The first-order valence-corrected chi connectivity index (χ1v) is 6.90. The van der Waals surface area contributed by atoms with E-state index in [1.807, 2.05) is 0 Å². The lowest BCUT2D eigenvalue weighted by Crippen LogP contribution is -2.27. The first-order valence-electron chi connectivity index (χ1n) is 5.41. The van der Waals surface area contributed by atoms with Gasteiger partial charge in [-0.05, 0) is 12.5 Å². The summed E-state index contributed by atoms with van der Waals surface area (Å²) in [4.78, 5) is 3.96. The van der Waals surface area contributed by atoms with Crippen LogP contribution in [0.4, 0.5) is 0 Å². The van der Waals surface area contributed by atoms with Crippen molar-refractivity contribution in [2.45, 2.75) is 17.9 Å². The smallest absolute Gasteiger partial charge is 0.257 e. The van der Waals surface area contributed by atoms with Crippen molar-refractivity contribution in [3.8, 4) is 0 Å². The van der Waals surface area contributed by atoms with E-state index >= 15 is 0 Å². The third-order valence-electron chi connectivity index (χ3n) is 2.40. The Bertz CT molecular complexity index is 588. The number of hydrogen-bond acceptors (Lipinski definition) is 5. The molecule has 0 saturated carbocycles. The monoisotopic (exact) mass is 270 g/mol. The molecule has 0 spiro atoms. The fourth-order valence-electron chi connectivity index (χ4n) is 1.51. The molecule has 2 heterocycles. The van der Waals surface area contributed by atoms with Crippen LogP contribution in [0.15, 0.2) is 23.6 Å². The summed E-state index contributed by atoms with van der Waals surface area (Å²) >= 11 is 0. The number of aromatic amines is 1.